The van der Waals surface area contributed by atoms with Crippen LogP contribution < -0.4 is 15.2 Å². The summed E-state index contributed by atoms with van der Waals surface area (Å²) >= 11 is 0. The summed E-state index contributed by atoms with van der Waals surface area (Å²) in [4.78, 5) is 8.50. The molecule has 2 N–H and O–H groups in total. The van der Waals surface area contributed by atoms with Crippen molar-refractivity contribution in [1.29, 1.82) is 0 Å². The SMILES string of the molecule is COc1cnc(CCC2(N)CC2)nc1OC. The van der Waals surface area contributed by atoms with Gasteiger partial charge in [-0.3, -0.25) is 0 Å². The minimum Gasteiger partial charge on any atom is -0.490 e. The van der Waals surface area contributed by atoms with Crippen molar-refractivity contribution in [2.45, 2.75) is 31.2 Å². The molecule has 1 aromatic heterocycles. The summed E-state index contributed by atoms with van der Waals surface area (Å²) in [5.41, 5.74) is 6.05. The minimum atomic E-state index is 0.0382. The average Bonchev–Trinajstić information content (AvgIpc) is 3.05. The zero-order valence-electron chi connectivity index (χ0n) is 9.69. The lowest BCUT2D eigenvalue weighted by Gasteiger charge is -2.09. The number of hydrogen-bond acceptors (Lipinski definition) is 5. The molecule has 2 rings (SSSR count). The number of aryl methyl sites for hydroxylation is 1. The molecule has 1 aliphatic carbocycles. The zero-order valence-corrected chi connectivity index (χ0v) is 9.69. The van der Waals surface area contributed by atoms with Crippen LogP contribution in [0.4, 0.5) is 0 Å². The van der Waals surface area contributed by atoms with Gasteiger partial charge >= 0.3 is 0 Å². The number of methoxy groups -OCH3 is 2. The molecule has 5 nitrogen and oxygen atoms in total. The van der Waals surface area contributed by atoms with E-state index in [4.69, 9.17) is 15.2 Å². The Morgan fingerprint density at radius 3 is 2.69 bits per heavy atom. The second kappa shape index (κ2) is 4.25. The Morgan fingerprint density at radius 2 is 2.12 bits per heavy atom. The molecule has 0 bridgehead atoms. The summed E-state index contributed by atoms with van der Waals surface area (Å²) in [6.07, 6.45) is 5.58. The Morgan fingerprint density at radius 1 is 1.38 bits per heavy atom. The molecule has 0 unspecified atom stereocenters. The second-order valence-electron chi connectivity index (χ2n) is 4.23. The van der Waals surface area contributed by atoms with Gasteiger partial charge in [-0.25, -0.2) is 4.98 Å². The van der Waals surface area contributed by atoms with Crippen molar-refractivity contribution >= 4 is 0 Å². The fourth-order valence-corrected chi connectivity index (χ4v) is 1.57. The Balaban J connectivity index is 2.04. The molecule has 0 aliphatic heterocycles. The standard InChI is InChI=1S/C11H17N3O2/c1-15-8-7-13-9(14-10(8)16-2)3-4-11(12)5-6-11/h7H,3-6,12H2,1-2H3. The first-order chi connectivity index (χ1) is 7.67. The maximum absolute atomic E-state index is 6.01. The Bertz CT molecular complexity index is 377. The molecule has 0 atom stereocenters. The second-order valence-corrected chi connectivity index (χ2v) is 4.23. The van der Waals surface area contributed by atoms with Crippen molar-refractivity contribution in [3.05, 3.63) is 12.0 Å². The molecule has 0 spiro atoms. The van der Waals surface area contributed by atoms with Crippen LogP contribution in [0.1, 0.15) is 25.1 Å². The lowest BCUT2D eigenvalue weighted by atomic mass is 10.1. The molecule has 0 saturated heterocycles. The number of rotatable bonds is 5. The van der Waals surface area contributed by atoms with Crippen LogP contribution in [-0.2, 0) is 6.42 Å². The highest BCUT2D eigenvalue weighted by molar-refractivity contribution is 5.30. The third-order valence-electron chi connectivity index (χ3n) is 2.92. The van der Waals surface area contributed by atoms with E-state index in [0.717, 1.165) is 31.5 Å². The van der Waals surface area contributed by atoms with Crippen LogP contribution in [0.3, 0.4) is 0 Å². The normalized spacial score (nSPS) is 16.9. The minimum absolute atomic E-state index is 0.0382. The van der Waals surface area contributed by atoms with Gasteiger partial charge in [0.05, 0.1) is 20.4 Å². The maximum Gasteiger partial charge on any atom is 0.260 e. The first kappa shape index (κ1) is 11.1. The molecule has 1 aliphatic rings. The van der Waals surface area contributed by atoms with E-state index < -0.39 is 0 Å². The van der Waals surface area contributed by atoms with Crippen LogP contribution in [0.5, 0.6) is 11.6 Å². The first-order valence-corrected chi connectivity index (χ1v) is 5.40. The third-order valence-corrected chi connectivity index (χ3v) is 2.92. The van der Waals surface area contributed by atoms with Gasteiger partial charge in [0.25, 0.3) is 5.88 Å². The zero-order chi connectivity index (χ0) is 11.6. The lowest BCUT2D eigenvalue weighted by molar-refractivity contribution is 0.338. The van der Waals surface area contributed by atoms with Crippen molar-refractivity contribution in [3.63, 3.8) is 0 Å². The van der Waals surface area contributed by atoms with Gasteiger partial charge in [0.2, 0.25) is 0 Å². The Labute approximate surface area is 95.0 Å². The number of nitrogens with zero attached hydrogens (tertiary/aromatic N) is 2. The van der Waals surface area contributed by atoms with E-state index in [9.17, 15) is 0 Å². The van der Waals surface area contributed by atoms with E-state index in [1.165, 1.54) is 0 Å². The molecule has 0 amide bonds. The monoisotopic (exact) mass is 223 g/mol. The van der Waals surface area contributed by atoms with Crippen molar-refractivity contribution in [3.8, 4) is 11.6 Å². The molecular weight excluding hydrogens is 206 g/mol. The van der Waals surface area contributed by atoms with Gasteiger partial charge < -0.3 is 15.2 Å². The average molecular weight is 223 g/mol. The van der Waals surface area contributed by atoms with Gasteiger partial charge in [-0.2, -0.15) is 4.98 Å². The fraction of sp³-hybridized carbons (Fsp3) is 0.636. The van der Waals surface area contributed by atoms with E-state index in [0.29, 0.717) is 11.6 Å². The summed E-state index contributed by atoms with van der Waals surface area (Å²) in [7, 11) is 3.14. The van der Waals surface area contributed by atoms with Crippen molar-refractivity contribution in [1.82, 2.24) is 9.97 Å². The van der Waals surface area contributed by atoms with Gasteiger partial charge in [0.1, 0.15) is 5.82 Å². The molecule has 1 fully saturated rings. The Kier molecular flexibility index (Phi) is 2.96. The van der Waals surface area contributed by atoms with Crippen molar-refractivity contribution in [2.75, 3.05) is 14.2 Å². The van der Waals surface area contributed by atoms with Gasteiger partial charge in [0.15, 0.2) is 5.75 Å². The smallest absolute Gasteiger partial charge is 0.260 e. The summed E-state index contributed by atoms with van der Waals surface area (Å²) in [6.45, 7) is 0. The highest BCUT2D eigenvalue weighted by atomic mass is 16.5. The number of nitrogens with two attached hydrogens (primary N) is 1. The summed E-state index contributed by atoms with van der Waals surface area (Å²) < 4.78 is 10.2. The Hall–Kier alpha value is -1.36. The predicted molar refractivity (Wildman–Crippen MR) is 59.6 cm³/mol. The van der Waals surface area contributed by atoms with E-state index in [1.807, 2.05) is 0 Å². The van der Waals surface area contributed by atoms with E-state index >= 15 is 0 Å². The number of hydrogen-bond donors (Lipinski definition) is 1. The van der Waals surface area contributed by atoms with Crippen LogP contribution in [0.25, 0.3) is 0 Å². The van der Waals surface area contributed by atoms with Crippen LogP contribution in [0.2, 0.25) is 0 Å². The van der Waals surface area contributed by atoms with Crippen LogP contribution in [0.15, 0.2) is 6.20 Å². The summed E-state index contributed by atoms with van der Waals surface area (Å²) in [5, 5.41) is 0. The summed E-state index contributed by atoms with van der Waals surface area (Å²) in [5.74, 6) is 1.80. The quantitative estimate of drug-likeness (QED) is 0.803. The number of aromatic nitrogens is 2. The molecular formula is C11H17N3O2. The topological polar surface area (TPSA) is 70.3 Å². The molecule has 5 heteroatoms. The molecule has 1 heterocycles. The predicted octanol–water partition coefficient (Wildman–Crippen LogP) is 0.918. The van der Waals surface area contributed by atoms with E-state index in [1.54, 1.807) is 20.4 Å². The van der Waals surface area contributed by atoms with Gasteiger partial charge in [0, 0.05) is 12.0 Å². The third kappa shape index (κ3) is 2.41. The molecule has 88 valence electrons. The van der Waals surface area contributed by atoms with Gasteiger partial charge in [-0.05, 0) is 19.3 Å². The van der Waals surface area contributed by atoms with Crippen molar-refractivity contribution < 1.29 is 9.47 Å². The first-order valence-electron chi connectivity index (χ1n) is 5.40. The lowest BCUT2D eigenvalue weighted by Crippen LogP contribution is -2.22. The van der Waals surface area contributed by atoms with Crippen LogP contribution in [-0.4, -0.2) is 29.7 Å². The molecule has 1 aromatic rings. The number of ether oxygens (including phenoxy) is 2. The largest absolute Gasteiger partial charge is 0.490 e. The van der Waals surface area contributed by atoms with Crippen LogP contribution >= 0.6 is 0 Å². The van der Waals surface area contributed by atoms with Gasteiger partial charge in [-0.1, -0.05) is 0 Å². The van der Waals surface area contributed by atoms with E-state index in [2.05, 4.69) is 9.97 Å². The molecule has 0 aromatic carbocycles. The molecule has 16 heavy (non-hydrogen) atoms. The van der Waals surface area contributed by atoms with E-state index in [-0.39, 0.29) is 5.54 Å². The summed E-state index contributed by atoms with van der Waals surface area (Å²) in [6, 6.07) is 0. The molecule has 0 radical (unpaired) electrons. The van der Waals surface area contributed by atoms with Crippen molar-refractivity contribution in [2.24, 2.45) is 5.73 Å². The highest BCUT2D eigenvalue weighted by Gasteiger charge is 2.37. The van der Waals surface area contributed by atoms with Crippen LogP contribution in [0, 0.1) is 0 Å². The highest BCUT2D eigenvalue weighted by Crippen LogP contribution is 2.36. The maximum atomic E-state index is 6.01. The van der Waals surface area contributed by atoms with Gasteiger partial charge in [-0.15, -0.1) is 0 Å². The molecule has 1 saturated carbocycles. The fourth-order valence-electron chi connectivity index (χ4n) is 1.57.